The summed E-state index contributed by atoms with van der Waals surface area (Å²) in [5.41, 5.74) is 9.42. The first-order valence-corrected chi connectivity index (χ1v) is 5.49. The van der Waals surface area contributed by atoms with E-state index in [1.54, 1.807) is 0 Å². The summed E-state index contributed by atoms with van der Waals surface area (Å²) in [5.74, 6) is 0. The number of para-hydroxylation sites is 1. The molecule has 0 unspecified atom stereocenters. The fourth-order valence-electron chi connectivity index (χ4n) is 1.68. The normalized spacial score (nSPS) is 11.5. The average molecular weight is 206 g/mol. The molecule has 1 rings (SSSR count). The number of nitrogens with two attached hydrogens (primary N) is 1. The lowest BCUT2D eigenvalue weighted by molar-refractivity contribution is 0.470. The Hall–Kier alpha value is -1.18. The second-order valence-corrected chi connectivity index (χ2v) is 4.74. The highest BCUT2D eigenvalue weighted by molar-refractivity contribution is 5.71. The van der Waals surface area contributed by atoms with Crippen LogP contribution in [0.2, 0.25) is 0 Å². The zero-order chi connectivity index (χ0) is 11.6. The average Bonchev–Trinajstić information content (AvgIpc) is 2.17. The Morgan fingerprint density at radius 3 is 2.40 bits per heavy atom. The van der Waals surface area contributed by atoms with E-state index in [1.807, 2.05) is 12.1 Å². The van der Waals surface area contributed by atoms with Gasteiger partial charge in [-0.3, -0.25) is 0 Å². The molecule has 0 aliphatic rings. The molecule has 15 heavy (non-hydrogen) atoms. The fraction of sp³-hybridized carbons (Fsp3) is 0.538. The van der Waals surface area contributed by atoms with Crippen molar-refractivity contribution in [2.75, 3.05) is 17.7 Å². The van der Waals surface area contributed by atoms with Gasteiger partial charge in [-0.15, -0.1) is 0 Å². The molecule has 0 atom stereocenters. The molecule has 0 saturated heterocycles. The van der Waals surface area contributed by atoms with Crippen molar-refractivity contribution in [3.8, 4) is 0 Å². The maximum Gasteiger partial charge on any atom is 0.0631 e. The summed E-state index contributed by atoms with van der Waals surface area (Å²) in [6.07, 6.45) is 1.09. The van der Waals surface area contributed by atoms with Crippen molar-refractivity contribution in [3.63, 3.8) is 0 Å². The molecule has 0 heterocycles. The number of nitrogen functional groups attached to an aromatic ring is 1. The zero-order valence-electron chi connectivity index (χ0n) is 10.5. The van der Waals surface area contributed by atoms with E-state index in [0.717, 1.165) is 17.8 Å². The minimum atomic E-state index is 0.139. The van der Waals surface area contributed by atoms with Gasteiger partial charge in [-0.25, -0.2) is 0 Å². The van der Waals surface area contributed by atoms with Crippen LogP contribution in [0.25, 0.3) is 0 Å². The van der Waals surface area contributed by atoms with Crippen molar-refractivity contribution in [3.05, 3.63) is 23.8 Å². The molecule has 84 valence electrons. The third kappa shape index (κ3) is 2.25. The van der Waals surface area contributed by atoms with Gasteiger partial charge in [-0.1, -0.05) is 19.1 Å². The van der Waals surface area contributed by atoms with Crippen LogP contribution in [0.5, 0.6) is 0 Å². The van der Waals surface area contributed by atoms with Gasteiger partial charge in [-0.2, -0.15) is 0 Å². The molecular formula is C13H22N2. The van der Waals surface area contributed by atoms with Crippen LogP contribution < -0.4 is 10.6 Å². The van der Waals surface area contributed by atoms with Gasteiger partial charge >= 0.3 is 0 Å². The maximum absolute atomic E-state index is 6.03. The number of rotatable bonds is 3. The Morgan fingerprint density at radius 2 is 1.93 bits per heavy atom. The SMILES string of the molecule is CCC(C)(C)N(C)c1c(C)cccc1N. The van der Waals surface area contributed by atoms with Gasteiger partial charge in [0, 0.05) is 12.6 Å². The van der Waals surface area contributed by atoms with Crippen LogP contribution in [-0.2, 0) is 0 Å². The van der Waals surface area contributed by atoms with Crippen LogP contribution in [0, 0.1) is 6.92 Å². The van der Waals surface area contributed by atoms with Gasteiger partial charge in [0.15, 0.2) is 0 Å². The van der Waals surface area contributed by atoms with E-state index in [1.165, 1.54) is 5.56 Å². The van der Waals surface area contributed by atoms with Crippen molar-refractivity contribution in [1.82, 2.24) is 0 Å². The van der Waals surface area contributed by atoms with E-state index in [4.69, 9.17) is 5.73 Å². The number of benzene rings is 1. The van der Waals surface area contributed by atoms with Gasteiger partial charge < -0.3 is 10.6 Å². The number of hydrogen-bond acceptors (Lipinski definition) is 2. The first-order valence-electron chi connectivity index (χ1n) is 5.49. The van der Waals surface area contributed by atoms with Gasteiger partial charge in [-0.05, 0) is 38.8 Å². The summed E-state index contributed by atoms with van der Waals surface area (Å²) in [5, 5.41) is 0. The van der Waals surface area contributed by atoms with Crippen LogP contribution in [0.15, 0.2) is 18.2 Å². The van der Waals surface area contributed by atoms with E-state index >= 15 is 0 Å². The molecule has 0 aliphatic carbocycles. The number of hydrogen-bond donors (Lipinski definition) is 1. The van der Waals surface area contributed by atoms with Gasteiger partial charge in [0.25, 0.3) is 0 Å². The highest BCUT2D eigenvalue weighted by Gasteiger charge is 2.23. The van der Waals surface area contributed by atoms with Gasteiger partial charge in [0.2, 0.25) is 0 Å². The Balaban J connectivity index is 3.16. The van der Waals surface area contributed by atoms with Crippen molar-refractivity contribution >= 4 is 11.4 Å². The van der Waals surface area contributed by atoms with Crippen LogP contribution >= 0.6 is 0 Å². The number of aryl methyl sites for hydroxylation is 1. The monoisotopic (exact) mass is 206 g/mol. The predicted octanol–water partition coefficient (Wildman–Crippen LogP) is 3.20. The quantitative estimate of drug-likeness (QED) is 0.769. The molecule has 0 spiro atoms. The molecule has 0 aromatic heterocycles. The Labute approximate surface area is 93.1 Å². The Bertz CT molecular complexity index is 322. The summed E-state index contributed by atoms with van der Waals surface area (Å²) in [6.45, 7) is 8.77. The number of anilines is 2. The zero-order valence-corrected chi connectivity index (χ0v) is 10.5. The lowest BCUT2D eigenvalue weighted by atomic mass is 9.97. The highest BCUT2D eigenvalue weighted by atomic mass is 15.2. The first kappa shape index (κ1) is 11.9. The summed E-state index contributed by atoms with van der Waals surface area (Å²) >= 11 is 0. The molecule has 0 aliphatic heterocycles. The van der Waals surface area contributed by atoms with E-state index in [0.29, 0.717) is 0 Å². The summed E-state index contributed by atoms with van der Waals surface area (Å²) in [6, 6.07) is 6.07. The molecule has 0 radical (unpaired) electrons. The maximum atomic E-state index is 6.03. The van der Waals surface area contributed by atoms with E-state index in [2.05, 4.69) is 45.7 Å². The topological polar surface area (TPSA) is 29.3 Å². The van der Waals surface area contributed by atoms with E-state index < -0.39 is 0 Å². The first-order chi connectivity index (χ1) is 6.90. The van der Waals surface area contributed by atoms with Crippen LogP contribution in [0.3, 0.4) is 0 Å². The summed E-state index contributed by atoms with van der Waals surface area (Å²) in [7, 11) is 2.11. The van der Waals surface area contributed by atoms with Crippen molar-refractivity contribution < 1.29 is 0 Å². The largest absolute Gasteiger partial charge is 0.397 e. The molecule has 1 aromatic rings. The molecule has 0 amide bonds. The molecule has 0 saturated carbocycles. The van der Waals surface area contributed by atoms with E-state index in [9.17, 15) is 0 Å². The fourth-order valence-corrected chi connectivity index (χ4v) is 1.68. The van der Waals surface area contributed by atoms with Gasteiger partial charge in [0.1, 0.15) is 0 Å². The Kier molecular flexibility index (Phi) is 3.28. The number of nitrogens with zero attached hydrogens (tertiary/aromatic N) is 1. The van der Waals surface area contributed by atoms with Crippen molar-refractivity contribution in [1.29, 1.82) is 0 Å². The second-order valence-electron chi connectivity index (χ2n) is 4.74. The van der Waals surface area contributed by atoms with E-state index in [-0.39, 0.29) is 5.54 Å². The molecule has 2 N–H and O–H groups in total. The summed E-state index contributed by atoms with van der Waals surface area (Å²) < 4.78 is 0. The lowest BCUT2D eigenvalue weighted by Gasteiger charge is -2.38. The molecule has 2 nitrogen and oxygen atoms in total. The third-order valence-corrected chi connectivity index (χ3v) is 3.38. The minimum Gasteiger partial charge on any atom is -0.397 e. The lowest BCUT2D eigenvalue weighted by Crippen LogP contribution is -2.41. The van der Waals surface area contributed by atoms with Crippen LogP contribution in [-0.4, -0.2) is 12.6 Å². The van der Waals surface area contributed by atoms with Crippen LogP contribution in [0.1, 0.15) is 32.8 Å². The molecular weight excluding hydrogens is 184 g/mol. The second kappa shape index (κ2) is 4.13. The highest BCUT2D eigenvalue weighted by Crippen LogP contribution is 2.32. The van der Waals surface area contributed by atoms with Crippen LogP contribution in [0.4, 0.5) is 11.4 Å². The molecule has 2 heteroatoms. The van der Waals surface area contributed by atoms with Crippen molar-refractivity contribution in [2.24, 2.45) is 0 Å². The molecule has 0 fully saturated rings. The minimum absolute atomic E-state index is 0.139. The predicted molar refractivity (Wildman–Crippen MR) is 68.4 cm³/mol. The summed E-state index contributed by atoms with van der Waals surface area (Å²) in [4.78, 5) is 2.28. The van der Waals surface area contributed by atoms with Gasteiger partial charge in [0.05, 0.1) is 11.4 Å². The smallest absolute Gasteiger partial charge is 0.0631 e. The molecule has 1 aromatic carbocycles. The van der Waals surface area contributed by atoms with Crippen molar-refractivity contribution in [2.45, 2.75) is 39.7 Å². The Morgan fingerprint density at radius 1 is 1.33 bits per heavy atom. The molecule has 0 bridgehead atoms. The standard InChI is InChI=1S/C13H22N2/c1-6-13(3,4)15(5)12-10(2)8-7-9-11(12)14/h7-9H,6,14H2,1-5H3. The third-order valence-electron chi connectivity index (χ3n) is 3.38.